The van der Waals surface area contributed by atoms with Crippen LogP contribution in [0.4, 0.5) is 0 Å². The molecule has 0 spiro atoms. The molecule has 0 saturated carbocycles. The molecule has 2 aromatic rings. The maximum atomic E-state index is 11.9. The Morgan fingerprint density at radius 3 is 2.80 bits per heavy atom. The number of hydrogen-bond donors (Lipinski definition) is 2. The van der Waals surface area contributed by atoms with Crippen molar-refractivity contribution in [3.63, 3.8) is 0 Å². The summed E-state index contributed by atoms with van der Waals surface area (Å²) in [7, 11) is 3.93. The second-order valence-electron chi connectivity index (χ2n) is 4.55. The number of thiophene rings is 1. The van der Waals surface area contributed by atoms with E-state index in [9.17, 15) is 9.59 Å². The van der Waals surface area contributed by atoms with Crippen LogP contribution in [0.5, 0.6) is 0 Å². The molecule has 1 atom stereocenters. The lowest BCUT2D eigenvalue weighted by molar-refractivity contribution is 0.0936. The Labute approximate surface area is 120 Å². The number of amides is 1. The number of aromatic nitrogens is 2. The number of nitrogens with one attached hydrogen (secondary N) is 2. The highest BCUT2D eigenvalue weighted by Crippen LogP contribution is 2.19. The molecule has 2 rings (SSSR count). The predicted octanol–water partition coefficient (Wildman–Crippen LogP) is 0.864. The SMILES string of the molecule is CN(C)[C@@H](CNC(=O)c1ccc(=O)[nH]n1)c1ccsc1. The highest BCUT2D eigenvalue weighted by atomic mass is 32.1. The van der Waals surface area contributed by atoms with Crippen molar-refractivity contribution in [2.45, 2.75) is 6.04 Å². The molecule has 0 aliphatic rings. The van der Waals surface area contributed by atoms with Gasteiger partial charge in [0.1, 0.15) is 5.69 Å². The van der Waals surface area contributed by atoms with Crippen LogP contribution >= 0.6 is 11.3 Å². The minimum absolute atomic E-state index is 0.105. The van der Waals surface area contributed by atoms with Gasteiger partial charge in [0.25, 0.3) is 11.5 Å². The third-order valence-corrected chi connectivity index (χ3v) is 3.62. The first-order chi connectivity index (χ1) is 9.58. The van der Waals surface area contributed by atoms with E-state index >= 15 is 0 Å². The summed E-state index contributed by atoms with van der Waals surface area (Å²) in [6.45, 7) is 0.476. The van der Waals surface area contributed by atoms with Crippen LogP contribution in [-0.4, -0.2) is 41.6 Å². The van der Waals surface area contributed by atoms with Gasteiger partial charge in [0.15, 0.2) is 0 Å². The van der Waals surface area contributed by atoms with Crippen LogP contribution in [-0.2, 0) is 0 Å². The molecule has 7 heteroatoms. The summed E-state index contributed by atoms with van der Waals surface area (Å²) in [4.78, 5) is 24.9. The fourth-order valence-electron chi connectivity index (χ4n) is 1.81. The van der Waals surface area contributed by atoms with Crippen molar-refractivity contribution in [3.8, 4) is 0 Å². The number of carbonyl (C=O) groups is 1. The molecular formula is C13H16N4O2S. The zero-order valence-electron chi connectivity index (χ0n) is 11.3. The van der Waals surface area contributed by atoms with Crippen molar-refractivity contribution < 1.29 is 4.79 Å². The summed E-state index contributed by atoms with van der Waals surface area (Å²) in [5.74, 6) is -0.302. The average Bonchev–Trinajstić information content (AvgIpc) is 2.93. The van der Waals surface area contributed by atoms with Crippen LogP contribution in [0.15, 0.2) is 33.8 Å². The first-order valence-corrected chi connectivity index (χ1v) is 7.04. The molecule has 0 aromatic carbocycles. The van der Waals surface area contributed by atoms with Gasteiger partial charge in [-0.15, -0.1) is 0 Å². The zero-order chi connectivity index (χ0) is 14.5. The van der Waals surface area contributed by atoms with E-state index in [4.69, 9.17) is 0 Å². The highest BCUT2D eigenvalue weighted by molar-refractivity contribution is 7.07. The molecule has 20 heavy (non-hydrogen) atoms. The van der Waals surface area contributed by atoms with Crippen LogP contribution in [0.25, 0.3) is 0 Å². The van der Waals surface area contributed by atoms with Crippen LogP contribution in [0.2, 0.25) is 0 Å². The van der Waals surface area contributed by atoms with E-state index in [1.54, 1.807) is 11.3 Å². The summed E-state index contributed by atoms with van der Waals surface area (Å²) in [5, 5.41) is 12.8. The highest BCUT2D eigenvalue weighted by Gasteiger charge is 2.16. The molecule has 106 valence electrons. The van der Waals surface area contributed by atoms with Gasteiger partial charge in [0, 0.05) is 12.6 Å². The van der Waals surface area contributed by atoms with Gasteiger partial charge < -0.3 is 10.2 Å². The summed E-state index contributed by atoms with van der Waals surface area (Å²) in [6, 6.07) is 4.83. The van der Waals surface area contributed by atoms with Gasteiger partial charge in [-0.25, -0.2) is 5.10 Å². The Morgan fingerprint density at radius 1 is 1.45 bits per heavy atom. The van der Waals surface area contributed by atoms with Gasteiger partial charge in [-0.2, -0.15) is 16.4 Å². The third-order valence-electron chi connectivity index (χ3n) is 2.92. The van der Waals surface area contributed by atoms with Crippen LogP contribution in [0.1, 0.15) is 22.1 Å². The van der Waals surface area contributed by atoms with Gasteiger partial charge in [-0.1, -0.05) is 0 Å². The minimum Gasteiger partial charge on any atom is -0.349 e. The van der Waals surface area contributed by atoms with E-state index in [1.807, 2.05) is 30.4 Å². The smallest absolute Gasteiger partial charge is 0.271 e. The van der Waals surface area contributed by atoms with E-state index < -0.39 is 0 Å². The Bertz CT molecular complexity index is 601. The molecule has 2 heterocycles. The Hall–Kier alpha value is -1.99. The Kier molecular flexibility index (Phi) is 4.65. The average molecular weight is 292 g/mol. The maximum absolute atomic E-state index is 11.9. The second-order valence-corrected chi connectivity index (χ2v) is 5.33. The van der Waals surface area contributed by atoms with E-state index in [0.717, 1.165) is 5.56 Å². The third kappa shape index (κ3) is 3.52. The van der Waals surface area contributed by atoms with Gasteiger partial charge in [0.05, 0.1) is 6.04 Å². The van der Waals surface area contributed by atoms with Crippen molar-refractivity contribution in [2.75, 3.05) is 20.6 Å². The van der Waals surface area contributed by atoms with Gasteiger partial charge in [-0.05, 0) is 42.6 Å². The van der Waals surface area contributed by atoms with Crippen LogP contribution in [0, 0.1) is 0 Å². The van der Waals surface area contributed by atoms with Crippen LogP contribution in [0.3, 0.4) is 0 Å². The van der Waals surface area contributed by atoms with Crippen LogP contribution < -0.4 is 10.9 Å². The molecule has 0 fully saturated rings. The first kappa shape index (κ1) is 14.4. The molecule has 0 saturated heterocycles. The molecule has 0 aliphatic heterocycles. The lowest BCUT2D eigenvalue weighted by Gasteiger charge is -2.23. The number of aromatic amines is 1. The number of rotatable bonds is 5. The largest absolute Gasteiger partial charge is 0.349 e. The van der Waals surface area contributed by atoms with Crippen molar-refractivity contribution in [1.29, 1.82) is 0 Å². The summed E-state index contributed by atoms with van der Waals surface area (Å²) >= 11 is 1.63. The molecule has 2 aromatic heterocycles. The number of H-pyrrole nitrogens is 1. The number of nitrogens with zero attached hydrogens (tertiary/aromatic N) is 2. The van der Waals surface area contributed by atoms with Crippen molar-refractivity contribution >= 4 is 17.2 Å². The predicted molar refractivity (Wildman–Crippen MR) is 77.9 cm³/mol. The summed E-state index contributed by atoms with van der Waals surface area (Å²) in [6.07, 6.45) is 0. The summed E-state index contributed by atoms with van der Waals surface area (Å²) < 4.78 is 0. The Balaban J connectivity index is 2.01. The van der Waals surface area contributed by atoms with Crippen molar-refractivity contribution in [3.05, 3.63) is 50.6 Å². The quantitative estimate of drug-likeness (QED) is 0.857. The molecule has 1 amide bonds. The molecule has 0 aliphatic carbocycles. The first-order valence-electron chi connectivity index (χ1n) is 6.10. The lowest BCUT2D eigenvalue weighted by Crippen LogP contribution is -2.35. The van der Waals surface area contributed by atoms with E-state index in [0.29, 0.717) is 6.54 Å². The molecule has 6 nitrogen and oxygen atoms in total. The number of hydrogen-bond acceptors (Lipinski definition) is 5. The van der Waals surface area contributed by atoms with Crippen molar-refractivity contribution in [1.82, 2.24) is 20.4 Å². The number of likely N-dealkylation sites (N-methyl/N-ethyl adjacent to an activating group) is 1. The molecule has 0 radical (unpaired) electrons. The van der Waals surface area contributed by atoms with E-state index in [-0.39, 0.29) is 23.2 Å². The zero-order valence-corrected chi connectivity index (χ0v) is 12.1. The molecule has 0 unspecified atom stereocenters. The normalized spacial score (nSPS) is 12.3. The summed E-state index contributed by atoms with van der Waals surface area (Å²) in [5.41, 5.74) is 1.04. The van der Waals surface area contributed by atoms with E-state index in [2.05, 4.69) is 20.9 Å². The minimum atomic E-state index is -0.328. The fraction of sp³-hybridized carbons (Fsp3) is 0.308. The lowest BCUT2D eigenvalue weighted by atomic mass is 10.1. The van der Waals surface area contributed by atoms with Gasteiger partial charge in [0.2, 0.25) is 0 Å². The van der Waals surface area contributed by atoms with Crippen molar-refractivity contribution in [2.24, 2.45) is 0 Å². The monoisotopic (exact) mass is 292 g/mol. The molecule has 0 bridgehead atoms. The Morgan fingerprint density at radius 2 is 2.25 bits per heavy atom. The molecule has 2 N–H and O–H groups in total. The topological polar surface area (TPSA) is 78.1 Å². The van der Waals surface area contributed by atoms with Gasteiger partial charge >= 0.3 is 0 Å². The second kappa shape index (κ2) is 6.44. The maximum Gasteiger partial charge on any atom is 0.271 e. The number of carbonyl (C=O) groups excluding carboxylic acids is 1. The molecular weight excluding hydrogens is 276 g/mol. The van der Waals surface area contributed by atoms with Gasteiger partial charge in [-0.3, -0.25) is 9.59 Å². The standard InChI is InChI=1S/C13H16N4O2S/c1-17(2)11(9-5-6-20-8-9)7-14-13(19)10-3-4-12(18)16-15-10/h3-6,8,11H,7H2,1-2H3,(H,14,19)(H,16,18)/t11-/m0/s1. The fourth-order valence-corrected chi connectivity index (χ4v) is 2.52. The van der Waals surface area contributed by atoms with E-state index in [1.165, 1.54) is 12.1 Å².